The van der Waals surface area contributed by atoms with E-state index in [1.807, 2.05) is 49.4 Å². The fraction of sp³-hybridized carbons (Fsp3) is 0.233. The van der Waals surface area contributed by atoms with E-state index in [4.69, 9.17) is 11.6 Å². The molecule has 1 saturated heterocycles. The van der Waals surface area contributed by atoms with Gasteiger partial charge in [0.2, 0.25) is 0 Å². The molecule has 38 heavy (non-hydrogen) atoms. The summed E-state index contributed by atoms with van der Waals surface area (Å²) >= 11 is 6.37. The Hall–Kier alpha value is -4.10. The highest BCUT2D eigenvalue weighted by Crippen LogP contribution is 2.45. The van der Waals surface area contributed by atoms with E-state index in [1.54, 1.807) is 35.2 Å². The zero-order valence-electron chi connectivity index (χ0n) is 20.9. The lowest BCUT2D eigenvalue weighted by atomic mass is 9.89. The summed E-state index contributed by atoms with van der Waals surface area (Å²) in [5, 5.41) is 4.48. The standard InChI is InChI=1S/C30H27ClN4O3/c1-2-3-15-32-28(36)21-12-5-7-14-24(21)35-29(37)25-17-22-20-11-4-6-13-23(20)33-26(22)27(34(25)30(35)38)18-9-8-10-19(31)16-18/h4-14,16,25,27,33H,2-3,15,17H2,1H3,(H,32,36). The van der Waals surface area contributed by atoms with Crippen molar-refractivity contribution in [1.29, 1.82) is 0 Å². The van der Waals surface area contributed by atoms with Crippen LogP contribution in [0.2, 0.25) is 5.02 Å². The Morgan fingerprint density at radius 3 is 2.66 bits per heavy atom. The molecule has 2 aliphatic heterocycles. The van der Waals surface area contributed by atoms with Crippen LogP contribution in [-0.4, -0.2) is 40.3 Å². The number of aromatic nitrogens is 1. The van der Waals surface area contributed by atoms with Gasteiger partial charge in [0.1, 0.15) is 12.1 Å². The van der Waals surface area contributed by atoms with Crippen LogP contribution in [0.3, 0.4) is 0 Å². The topological polar surface area (TPSA) is 85.5 Å². The number of imide groups is 1. The molecule has 2 atom stereocenters. The van der Waals surface area contributed by atoms with Gasteiger partial charge in [0.05, 0.1) is 11.3 Å². The second-order valence-electron chi connectivity index (χ2n) is 9.73. The zero-order valence-corrected chi connectivity index (χ0v) is 21.7. The maximum atomic E-state index is 14.1. The van der Waals surface area contributed by atoms with Crippen LogP contribution in [0, 0.1) is 0 Å². The Labute approximate surface area is 225 Å². The van der Waals surface area contributed by atoms with Crippen molar-refractivity contribution in [3.8, 4) is 0 Å². The van der Waals surface area contributed by atoms with Gasteiger partial charge in [0.25, 0.3) is 11.8 Å². The lowest BCUT2D eigenvalue weighted by Gasteiger charge is -2.36. The molecule has 3 aromatic carbocycles. The van der Waals surface area contributed by atoms with Gasteiger partial charge in [-0.1, -0.05) is 67.4 Å². The van der Waals surface area contributed by atoms with Crippen LogP contribution in [0.5, 0.6) is 0 Å². The van der Waals surface area contributed by atoms with Crippen molar-refractivity contribution in [2.24, 2.45) is 0 Å². The molecule has 0 bridgehead atoms. The van der Waals surface area contributed by atoms with Crippen molar-refractivity contribution in [2.45, 2.75) is 38.3 Å². The average Bonchev–Trinajstić information content (AvgIpc) is 3.42. The summed E-state index contributed by atoms with van der Waals surface area (Å²) in [6, 6.07) is 20.4. The SMILES string of the molecule is CCCCNC(=O)c1ccccc1N1C(=O)C2Cc3c([nH]c4ccccc34)C(c3cccc(Cl)c3)N2C1=O. The number of carbonyl (C=O) groups excluding carboxylic acids is 3. The Morgan fingerprint density at radius 1 is 1.05 bits per heavy atom. The Morgan fingerprint density at radius 2 is 1.84 bits per heavy atom. The second-order valence-corrected chi connectivity index (χ2v) is 10.2. The lowest BCUT2D eigenvalue weighted by molar-refractivity contribution is -0.120. The Bertz CT molecular complexity index is 1580. The molecule has 4 aromatic rings. The summed E-state index contributed by atoms with van der Waals surface area (Å²) < 4.78 is 0. The third-order valence-corrected chi connectivity index (χ3v) is 7.65. The molecular weight excluding hydrogens is 500 g/mol. The van der Waals surface area contributed by atoms with E-state index in [9.17, 15) is 14.4 Å². The molecule has 3 heterocycles. The quantitative estimate of drug-likeness (QED) is 0.245. The molecule has 1 aromatic heterocycles. The molecule has 0 saturated carbocycles. The first-order chi connectivity index (χ1) is 18.5. The molecular formula is C30H27ClN4O3. The number of nitrogens with one attached hydrogen (secondary N) is 2. The number of rotatable bonds is 6. The van der Waals surface area contributed by atoms with Crippen molar-refractivity contribution in [2.75, 3.05) is 11.4 Å². The zero-order chi connectivity index (χ0) is 26.4. The predicted molar refractivity (Wildman–Crippen MR) is 147 cm³/mol. The number of aromatic amines is 1. The molecule has 2 unspecified atom stereocenters. The molecule has 0 aliphatic carbocycles. The van der Waals surface area contributed by atoms with Gasteiger partial charge in [-0.2, -0.15) is 0 Å². The summed E-state index contributed by atoms with van der Waals surface area (Å²) in [5.41, 5.74) is 4.25. The largest absolute Gasteiger partial charge is 0.356 e. The summed E-state index contributed by atoms with van der Waals surface area (Å²) in [7, 11) is 0. The van der Waals surface area contributed by atoms with Gasteiger partial charge in [0.15, 0.2) is 0 Å². The Kier molecular flexibility index (Phi) is 6.16. The van der Waals surface area contributed by atoms with Gasteiger partial charge in [0, 0.05) is 34.6 Å². The van der Waals surface area contributed by atoms with Crippen LogP contribution in [-0.2, 0) is 11.2 Å². The third kappa shape index (κ3) is 3.85. The second kappa shape index (κ2) is 9.65. The van der Waals surface area contributed by atoms with E-state index in [1.165, 1.54) is 4.90 Å². The number of nitrogens with zero attached hydrogens (tertiary/aromatic N) is 2. The van der Waals surface area contributed by atoms with Gasteiger partial charge in [-0.05, 0) is 47.9 Å². The Balaban J connectivity index is 1.46. The number of unbranched alkanes of at least 4 members (excludes halogenated alkanes) is 1. The van der Waals surface area contributed by atoms with Gasteiger partial charge in [-0.15, -0.1) is 0 Å². The highest BCUT2D eigenvalue weighted by molar-refractivity contribution is 6.30. The lowest BCUT2D eigenvalue weighted by Crippen LogP contribution is -2.44. The highest BCUT2D eigenvalue weighted by Gasteiger charge is 2.53. The summed E-state index contributed by atoms with van der Waals surface area (Å²) in [4.78, 5) is 47.5. The molecule has 0 radical (unpaired) electrons. The minimum Gasteiger partial charge on any atom is -0.356 e. The first-order valence-corrected chi connectivity index (χ1v) is 13.3. The molecule has 4 amide bonds. The summed E-state index contributed by atoms with van der Waals surface area (Å²) in [6.45, 7) is 2.58. The van der Waals surface area contributed by atoms with Crippen LogP contribution >= 0.6 is 11.6 Å². The maximum Gasteiger partial charge on any atom is 0.332 e. The maximum absolute atomic E-state index is 14.1. The molecule has 2 N–H and O–H groups in total. The number of H-pyrrole nitrogens is 1. The summed E-state index contributed by atoms with van der Waals surface area (Å²) in [6.07, 6.45) is 2.17. The van der Waals surface area contributed by atoms with Crippen LogP contribution in [0.25, 0.3) is 10.9 Å². The van der Waals surface area contributed by atoms with E-state index in [-0.39, 0.29) is 11.8 Å². The van der Waals surface area contributed by atoms with Crippen molar-refractivity contribution in [3.63, 3.8) is 0 Å². The van der Waals surface area contributed by atoms with Crippen LogP contribution in [0.1, 0.15) is 53.0 Å². The fourth-order valence-electron chi connectivity index (χ4n) is 5.65. The number of urea groups is 1. The summed E-state index contributed by atoms with van der Waals surface area (Å²) in [5.74, 6) is -0.645. The molecule has 2 aliphatic rings. The monoisotopic (exact) mass is 526 g/mol. The number of fused-ring (bicyclic) bond motifs is 4. The van der Waals surface area contributed by atoms with Gasteiger partial charge < -0.3 is 10.3 Å². The van der Waals surface area contributed by atoms with Crippen molar-refractivity contribution in [3.05, 3.63) is 100 Å². The molecule has 192 valence electrons. The third-order valence-electron chi connectivity index (χ3n) is 7.42. The van der Waals surface area contributed by atoms with Gasteiger partial charge in [-0.25, -0.2) is 9.69 Å². The number of para-hydroxylation sites is 2. The predicted octanol–water partition coefficient (Wildman–Crippen LogP) is 5.83. The van der Waals surface area contributed by atoms with Crippen LogP contribution < -0.4 is 10.2 Å². The smallest absolute Gasteiger partial charge is 0.332 e. The first kappa shape index (κ1) is 24.2. The number of hydrogen-bond acceptors (Lipinski definition) is 3. The molecule has 7 nitrogen and oxygen atoms in total. The van der Waals surface area contributed by atoms with E-state index >= 15 is 0 Å². The normalized spacial score (nSPS) is 18.6. The van der Waals surface area contributed by atoms with E-state index in [0.29, 0.717) is 29.2 Å². The average molecular weight is 527 g/mol. The van der Waals surface area contributed by atoms with Gasteiger partial charge >= 0.3 is 6.03 Å². The first-order valence-electron chi connectivity index (χ1n) is 12.9. The van der Waals surface area contributed by atoms with Crippen molar-refractivity contribution >= 4 is 46.0 Å². The number of hydrogen-bond donors (Lipinski definition) is 2. The fourth-order valence-corrected chi connectivity index (χ4v) is 5.85. The van der Waals surface area contributed by atoms with E-state index < -0.39 is 18.1 Å². The number of amides is 4. The van der Waals surface area contributed by atoms with Crippen molar-refractivity contribution in [1.82, 2.24) is 15.2 Å². The minimum atomic E-state index is -0.714. The van der Waals surface area contributed by atoms with Crippen LogP contribution in [0.4, 0.5) is 10.5 Å². The highest BCUT2D eigenvalue weighted by atomic mass is 35.5. The minimum absolute atomic E-state index is 0.296. The van der Waals surface area contributed by atoms with Crippen molar-refractivity contribution < 1.29 is 14.4 Å². The molecule has 8 heteroatoms. The molecule has 1 fully saturated rings. The number of halogens is 1. The number of carbonyl (C=O) groups is 3. The molecule has 6 rings (SSSR count). The van der Waals surface area contributed by atoms with E-state index in [2.05, 4.69) is 10.3 Å². The van der Waals surface area contributed by atoms with Gasteiger partial charge in [-0.3, -0.25) is 14.5 Å². The molecule has 0 spiro atoms. The van der Waals surface area contributed by atoms with Crippen LogP contribution in [0.15, 0.2) is 72.8 Å². The van der Waals surface area contributed by atoms with E-state index in [0.717, 1.165) is 40.6 Å². The number of anilines is 1. The number of benzene rings is 3.